The summed E-state index contributed by atoms with van der Waals surface area (Å²) in [7, 11) is 1.74. The Morgan fingerprint density at radius 3 is 2.91 bits per heavy atom. The summed E-state index contributed by atoms with van der Waals surface area (Å²) in [5.74, 6) is 0. The van der Waals surface area contributed by atoms with Crippen LogP contribution in [0.2, 0.25) is 0 Å². The molecule has 0 aliphatic rings. The van der Waals surface area contributed by atoms with E-state index in [1.807, 2.05) is 0 Å². The first-order valence-electron chi connectivity index (χ1n) is 7.42. The van der Waals surface area contributed by atoms with Crippen LogP contribution in [0.1, 0.15) is 0 Å². The topological polar surface area (TPSA) is 27.1 Å². The van der Waals surface area contributed by atoms with E-state index in [9.17, 15) is 0 Å². The Morgan fingerprint density at radius 1 is 1.17 bits per heavy atom. The zero-order chi connectivity index (χ0) is 15.6. The van der Waals surface area contributed by atoms with Gasteiger partial charge in [-0.2, -0.15) is 11.3 Å². The molecule has 3 heterocycles. The Labute approximate surface area is 142 Å². The van der Waals surface area contributed by atoms with Crippen molar-refractivity contribution in [3.63, 3.8) is 0 Å². The zero-order valence-electron chi connectivity index (χ0n) is 12.7. The molecule has 4 rings (SSSR count). The molecule has 0 aliphatic carbocycles. The van der Waals surface area contributed by atoms with Gasteiger partial charge in [0.2, 0.25) is 0 Å². The smallest absolute Gasteiger partial charge is 0.126 e. The first-order chi connectivity index (χ1) is 11.4. The van der Waals surface area contributed by atoms with E-state index in [0.29, 0.717) is 6.61 Å². The van der Waals surface area contributed by atoms with E-state index in [1.54, 1.807) is 29.8 Å². The van der Waals surface area contributed by atoms with Crippen molar-refractivity contribution in [3.8, 4) is 21.8 Å². The molecule has 23 heavy (non-hydrogen) atoms. The number of ether oxygens (including phenoxy) is 1. The molecule has 0 fully saturated rings. The lowest BCUT2D eigenvalue weighted by molar-refractivity contribution is 0.188. The second-order valence-corrected chi connectivity index (χ2v) is 6.93. The van der Waals surface area contributed by atoms with Crippen molar-refractivity contribution in [3.05, 3.63) is 52.7 Å². The Morgan fingerprint density at radius 2 is 2.09 bits per heavy atom. The number of nitrogens with zero attached hydrogens (tertiary/aromatic N) is 2. The summed E-state index contributed by atoms with van der Waals surface area (Å²) in [5, 5.41) is 8.68. The fourth-order valence-electron chi connectivity index (χ4n) is 2.73. The molecule has 0 bridgehead atoms. The van der Waals surface area contributed by atoms with Gasteiger partial charge in [-0.1, -0.05) is 18.2 Å². The van der Waals surface area contributed by atoms with Crippen LogP contribution in [0.4, 0.5) is 0 Å². The summed E-state index contributed by atoms with van der Waals surface area (Å²) in [6.45, 7) is 1.55. The zero-order valence-corrected chi connectivity index (χ0v) is 14.4. The highest BCUT2D eigenvalue weighted by Gasteiger charge is 2.13. The molecular weight excluding hydrogens is 324 g/mol. The molecule has 4 aromatic rings. The van der Waals surface area contributed by atoms with Crippen molar-refractivity contribution in [1.82, 2.24) is 9.55 Å². The normalized spacial score (nSPS) is 11.3. The third-order valence-electron chi connectivity index (χ3n) is 3.88. The second-order valence-electron chi connectivity index (χ2n) is 5.30. The molecule has 5 heteroatoms. The molecule has 0 atom stereocenters. The van der Waals surface area contributed by atoms with Crippen molar-refractivity contribution >= 4 is 33.6 Å². The van der Waals surface area contributed by atoms with Crippen LogP contribution >= 0.6 is 22.7 Å². The van der Waals surface area contributed by atoms with E-state index < -0.39 is 0 Å². The highest BCUT2D eigenvalue weighted by molar-refractivity contribution is 7.13. The minimum atomic E-state index is 0.705. The van der Waals surface area contributed by atoms with Gasteiger partial charge in [0.05, 0.1) is 12.3 Å². The molecule has 0 saturated heterocycles. The Bertz CT molecular complexity index is 922. The third kappa shape index (κ3) is 2.72. The molecule has 1 aromatic carbocycles. The van der Waals surface area contributed by atoms with Gasteiger partial charge in [-0.25, -0.2) is 4.98 Å². The number of rotatable bonds is 5. The number of thiophene rings is 1. The summed E-state index contributed by atoms with van der Waals surface area (Å²) < 4.78 is 7.48. The Balaban J connectivity index is 1.79. The van der Waals surface area contributed by atoms with Gasteiger partial charge in [-0.05, 0) is 17.5 Å². The third-order valence-corrected chi connectivity index (χ3v) is 5.44. The highest BCUT2D eigenvalue weighted by Crippen LogP contribution is 2.35. The van der Waals surface area contributed by atoms with Crippen LogP contribution in [0.5, 0.6) is 0 Å². The fraction of sp³-hybridized carbons (Fsp3) is 0.167. The number of aromatic nitrogens is 2. The van der Waals surface area contributed by atoms with Gasteiger partial charge in [0.15, 0.2) is 0 Å². The number of hydrogen-bond donors (Lipinski definition) is 0. The van der Waals surface area contributed by atoms with Crippen molar-refractivity contribution in [2.24, 2.45) is 0 Å². The minimum absolute atomic E-state index is 0.705. The highest BCUT2D eigenvalue weighted by atomic mass is 32.1. The molecular formula is C18H16N2OS2. The summed E-state index contributed by atoms with van der Waals surface area (Å²) in [6, 6.07) is 10.6. The molecule has 0 unspecified atom stereocenters. The summed E-state index contributed by atoms with van der Waals surface area (Å²) in [4.78, 5) is 4.85. The number of benzene rings is 1. The van der Waals surface area contributed by atoms with E-state index in [1.165, 1.54) is 22.0 Å². The number of para-hydroxylation sites is 1. The Kier molecular flexibility index (Phi) is 3.99. The standard InChI is InChI=1S/C18H16N2OS2/c1-21-8-7-20-10-15(14-4-2-3-5-17(14)20)18-19-16(12-23-18)13-6-9-22-11-13/h2-6,9-12H,7-8H2,1H3. The lowest BCUT2D eigenvalue weighted by Gasteiger charge is -2.03. The van der Waals surface area contributed by atoms with Gasteiger partial charge in [-0.3, -0.25) is 0 Å². The molecule has 0 N–H and O–H groups in total. The molecule has 0 radical (unpaired) electrons. The van der Waals surface area contributed by atoms with Gasteiger partial charge < -0.3 is 9.30 Å². The van der Waals surface area contributed by atoms with Crippen molar-refractivity contribution < 1.29 is 4.74 Å². The molecule has 0 spiro atoms. The maximum Gasteiger partial charge on any atom is 0.126 e. The van der Waals surface area contributed by atoms with E-state index in [0.717, 1.165) is 17.2 Å². The molecule has 0 saturated carbocycles. The Hall–Kier alpha value is -1.95. The largest absolute Gasteiger partial charge is 0.383 e. The van der Waals surface area contributed by atoms with Crippen molar-refractivity contribution in [1.29, 1.82) is 0 Å². The average molecular weight is 340 g/mol. The van der Waals surface area contributed by atoms with E-state index in [-0.39, 0.29) is 0 Å². The second kappa shape index (κ2) is 6.28. The van der Waals surface area contributed by atoms with Gasteiger partial charge in [0, 0.05) is 52.6 Å². The number of methoxy groups -OCH3 is 1. The van der Waals surface area contributed by atoms with Gasteiger partial charge in [-0.15, -0.1) is 11.3 Å². The molecule has 0 amide bonds. The van der Waals surface area contributed by atoms with E-state index in [2.05, 4.69) is 57.2 Å². The van der Waals surface area contributed by atoms with Crippen LogP contribution in [-0.4, -0.2) is 23.3 Å². The van der Waals surface area contributed by atoms with Crippen molar-refractivity contribution in [2.75, 3.05) is 13.7 Å². The number of fused-ring (bicyclic) bond motifs is 1. The van der Waals surface area contributed by atoms with Gasteiger partial charge >= 0.3 is 0 Å². The maximum absolute atomic E-state index is 5.23. The van der Waals surface area contributed by atoms with Crippen LogP contribution in [-0.2, 0) is 11.3 Å². The van der Waals surface area contributed by atoms with Crippen LogP contribution < -0.4 is 0 Å². The van der Waals surface area contributed by atoms with E-state index >= 15 is 0 Å². The van der Waals surface area contributed by atoms with Crippen LogP contribution in [0, 0.1) is 0 Å². The maximum atomic E-state index is 5.23. The fourth-order valence-corrected chi connectivity index (χ4v) is 4.23. The first-order valence-corrected chi connectivity index (χ1v) is 9.24. The average Bonchev–Trinajstić information content (AvgIpc) is 3.31. The SMILES string of the molecule is COCCn1cc(-c2nc(-c3ccsc3)cs2)c2ccccc21. The quantitative estimate of drug-likeness (QED) is 0.503. The van der Waals surface area contributed by atoms with Crippen LogP contribution in [0.15, 0.2) is 52.7 Å². The molecule has 116 valence electrons. The van der Waals surface area contributed by atoms with E-state index in [4.69, 9.17) is 9.72 Å². The molecule has 3 aromatic heterocycles. The van der Waals surface area contributed by atoms with Crippen LogP contribution in [0.3, 0.4) is 0 Å². The van der Waals surface area contributed by atoms with Crippen LogP contribution in [0.25, 0.3) is 32.7 Å². The summed E-state index contributed by atoms with van der Waals surface area (Å²) >= 11 is 3.40. The van der Waals surface area contributed by atoms with Crippen molar-refractivity contribution in [2.45, 2.75) is 6.54 Å². The molecule has 0 aliphatic heterocycles. The lowest BCUT2D eigenvalue weighted by Crippen LogP contribution is -2.02. The predicted octanol–water partition coefficient (Wildman–Crippen LogP) is 5.14. The predicted molar refractivity (Wildman–Crippen MR) is 98.2 cm³/mol. The van der Waals surface area contributed by atoms with Gasteiger partial charge in [0.1, 0.15) is 5.01 Å². The number of hydrogen-bond acceptors (Lipinski definition) is 4. The van der Waals surface area contributed by atoms with Gasteiger partial charge in [0.25, 0.3) is 0 Å². The summed E-state index contributed by atoms with van der Waals surface area (Å²) in [5.41, 5.74) is 4.68. The lowest BCUT2D eigenvalue weighted by atomic mass is 10.2. The first kappa shape index (κ1) is 14.6. The summed E-state index contributed by atoms with van der Waals surface area (Å²) in [6.07, 6.45) is 2.19. The monoisotopic (exact) mass is 340 g/mol. The number of thiazole rings is 1. The molecule has 3 nitrogen and oxygen atoms in total. The minimum Gasteiger partial charge on any atom is -0.383 e.